The molecule has 0 bridgehead atoms. The van der Waals surface area contributed by atoms with E-state index in [1.54, 1.807) is 0 Å². The van der Waals surface area contributed by atoms with Gasteiger partial charge in [0, 0.05) is 6.54 Å². The van der Waals surface area contributed by atoms with E-state index in [0.717, 1.165) is 11.1 Å². The third-order valence-electron chi connectivity index (χ3n) is 4.44. The van der Waals surface area contributed by atoms with Crippen molar-refractivity contribution in [3.05, 3.63) is 71.8 Å². The molecule has 0 spiro atoms. The Labute approximate surface area is 166 Å². The van der Waals surface area contributed by atoms with Crippen LogP contribution in [0.5, 0.6) is 0 Å². The molecule has 2 amide bonds. The SMILES string of the molecule is CC(C)(NC(=O)[C@@H](N)CCCNC(=O)OCc1ccccc1)c1ccccc1. The van der Waals surface area contributed by atoms with Crippen LogP contribution in [0.2, 0.25) is 0 Å². The van der Waals surface area contributed by atoms with Gasteiger partial charge in [-0.15, -0.1) is 0 Å². The molecule has 28 heavy (non-hydrogen) atoms. The lowest BCUT2D eigenvalue weighted by Gasteiger charge is -2.28. The highest BCUT2D eigenvalue weighted by Gasteiger charge is 2.25. The molecule has 0 saturated carbocycles. The summed E-state index contributed by atoms with van der Waals surface area (Å²) in [5.41, 5.74) is 7.43. The number of nitrogens with one attached hydrogen (secondary N) is 2. The molecule has 0 aliphatic carbocycles. The van der Waals surface area contributed by atoms with Crippen molar-refractivity contribution in [2.75, 3.05) is 6.54 Å². The lowest BCUT2D eigenvalue weighted by Crippen LogP contribution is -2.49. The first-order valence-corrected chi connectivity index (χ1v) is 9.46. The number of hydrogen-bond acceptors (Lipinski definition) is 4. The van der Waals surface area contributed by atoms with E-state index in [1.165, 1.54) is 0 Å². The van der Waals surface area contributed by atoms with Gasteiger partial charge >= 0.3 is 6.09 Å². The zero-order valence-corrected chi connectivity index (χ0v) is 16.5. The van der Waals surface area contributed by atoms with Gasteiger partial charge in [-0.3, -0.25) is 4.79 Å². The summed E-state index contributed by atoms with van der Waals surface area (Å²) in [5.74, 6) is -0.208. The minimum Gasteiger partial charge on any atom is -0.445 e. The molecule has 6 heteroatoms. The Morgan fingerprint density at radius 3 is 2.29 bits per heavy atom. The molecule has 2 aromatic carbocycles. The van der Waals surface area contributed by atoms with Gasteiger partial charge in [-0.05, 0) is 37.8 Å². The number of ether oxygens (including phenoxy) is 1. The molecule has 0 aliphatic rings. The normalized spacial score (nSPS) is 12.1. The molecular formula is C22H29N3O3. The minimum atomic E-state index is -0.634. The van der Waals surface area contributed by atoms with Crippen LogP contribution in [-0.4, -0.2) is 24.6 Å². The lowest BCUT2D eigenvalue weighted by molar-refractivity contribution is -0.124. The topological polar surface area (TPSA) is 93.5 Å². The summed E-state index contributed by atoms with van der Waals surface area (Å²) in [6.45, 7) is 4.51. The average molecular weight is 383 g/mol. The van der Waals surface area contributed by atoms with Crippen molar-refractivity contribution in [3.63, 3.8) is 0 Å². The fraction of sp³-hybridized carbons (Fsp3) is 0.364. The summed E-state index contributed by atoms with van der Waals surface area (Å²) in [7, 11) is 0. The van der Waals surface area contributed by atoms with Crippen LogP contribution >= 0.6 is 0 Å². The van der Waals surface area contributed by atoms with Crippen LogP contribution in [0.25, 0.3) is 0 Å². The summed E-state index contributed by atoms with van der Waals surface area (Å²) in [6.07, 6.45) is 0.572. The summed E-state index contributed by atoms with van der Waals surface area (Å²) >= 11 is 0. The third-order valence-corrected chi connectivity index (χ3v) is 4.44. The second kappa shape index (κ2) is 10.5. The fourth-order valence-corrected chi connectivity index (χ4v) is 2.75. The van der Waals surface area contributed by atoms with Gasteiger partial charge in [-0.2, -0.15) is 0 Å². The number of benzene rings is 2. The first-order valence-electron chi connectivity index (χ1n) is 9.46. The number of amides is 2. The molecule has 0 unspecified atom stereocenters. The molecule has 6 nitrogen and oxygen atoms in total. The molecule has 0 saturated heterocycles. The van der Waals surface area contributed by atoms with Crippen molar-refractivity contribution in [2.45, 2.75) is 44.9 Å². The number of nitrogens with two attached hydrogens (primary N) is 1. The molecule has 0 fully saturated rings. The van der Waals surface area contributed by atoms with Gasteiger partial charge < -0.3 is 21.1 Å². The van der Waals surface area contributed by atoms with E-state index < -0.39 is 17.7 Å². The van der Waals surface area contributed by atoms with Crippen molar-refractivity contribution in [1.29, 1.82) is 0 Å². The quantitative estimate of drug-likeness (QED) is 0.580. The number of rotatable bonds is 9. The molecule has 2 rings (SSSR count). The number of alkyl carbamates (subject to hydrolysis) is 1. The van der Waals surface area contributed by atoms with Crippen LogP contribution in [0.4, 0.5) is 4.79 Å². The lowest BCUT2D eigenvalue weighted by atomic mass is 9.93. The standard InChI is InChI=1S/C22H29N3O3/c1-22(2,18-12-7-4-8-13-18)25-20(26)19(23)14-9-15-24-21(27)28-16-17-10-5-3-6-11-17/h3-8,10-13,19H,9,14-16,23H2,1-2H3,(H,24,27)(H,25,26)/t19-/m0/s1. The van der Waals surface area contributed by atoms with Gasteiger partial charge in [-0.1, -0.05) is 60.7 Å². The highest BCUT2D eigenvalue weighted by atomic mass is 16.5. The maximum atomic E-state index is 12.4. The zero-order chi connectivity index (χ0) is 20.4. The number of carbonyl (C=O) groups excluding carboxylic acids is 2. The second-order valence-electron chi connectivity index (χ2n) is 7.22. The molecule has 0 aliphatic heterocycles. The van der Waals surface area contributed by atoms with E-state index in [1.807, 2.05) is 74.5 Å². The molecule has 4 N–H and O–H groups in total. The summed E-state index contributed by atoms with van der Waals surface area (Å²) in [4.78, 5) is 24.1. The molecule has 1 atom stereocenters. The molecular weight excluding hydrogens is 354 g/mol. The minimum absolute atomic E-state index is 0.208. The zero-order valence-electron chi connectivity index (χ0n) is 16.5. The van der Waals surface area contributed by atoms with Crippen molar-refractivity contribution in [3.8, 4) is 0 Å². The van der Waals surface area contributed by atoms with Crippen LogP contribution in [0, 0.1) is 0 Å². The Hall–Kier alpha value is -2.86. The van der Waals surface area contributed by atoms with E-state index in [-0.39, 0.29) is 12.5 Å². The van der Waals surface area contributed by atoms with Crippen molar-refractivity contribution < 1.29 is 14.3 Å². The largest absolute Gasteiger partial charge is 0.445 e. The van der Waals surface area contributed by atoms with E-state index >= 15 is 0 Å². The molecule has 150 valence electrons. The Morgan fingerprint density at radius 2 is 1.64 bits per heavy atom. The fourth-order valence-electron chi connectivity index (χ4n) is 2.75. The van der Waals surface area contributed by atoms with Gasteiger partial charge in [0.1, 0.15) is 6.61 Å². The highest BCUT2D eigenvalue weighted by molar-refractivity contribution is 5.82. The highest BCUT2D eigenvalue weighted by Crippen LogP contribution is 2.19. The first-order chi connectivity index (χ1) is 13.4. The Balaban J connectivity index is 1.65. The van der Waals surface area contributed by atoms with Crippen LogP contribution in [0.15, 0.2) is 60.7 Å². The summed E-state index contributed by atoms with van der Waals surface area (Å²) in [6, 6.07) is 18.6. The van der Waals surface area contributed by atoms with Crippen LogP contribution in [0.3, 0.4) is 0 Å². The van der Waals surface area contributed by atoms with Gasteiger partial charge in [0.2, 0.25) is 5.91 Å². The van der Waals surface area contributed by atoms with Gasteiger partial charge in [0.15, 0.2) is 0 Å². The van der Waals surface area contributed by atoms with E-state index in [0.29, 0.717) is 19.4 Å². The van der Waals surface area contributed by atoms with Crippen LogP contribution in [-0.2, 0) is 21.7 Å². The third kappa shape index (κ3) is 7.04. The van der Waals surface area contributed by atoms with Gasteiger partial charge in [0.05, 0.1) is 11.6 Å². The smallest absolute Gasteiger partial charge is 0.407 e. The average Bonchev–Trinajstić information content (AvgIpc) is 2.70. The molecule has 2 aromatic rings. The number of hydrogen-bond donors (Lipinski definition) is 3. The van der Waals surface area contributed by atoms with E-state index in [4.69, 9.17) is 10.5 Å². The summed E-state index contributed by atoms with van der Waals surface area (Å²) in [5, 5.41) is 5.66. The molecule has 0 aromatic heterocycles. The Morgan fingerprint density at radius 1 is 1.04 bits per heavy atom. The van der Waals surface area contributed by atoms with Crippen LogP contribution in [0.1, 0.15) is 37.8 Å². The predicted molar refractivity (Wildman–Crippen MR) is 109 cm³/mol. The van der Waals surface area contributed by atoms with E-state index in [2.05, 4.69) is 10.6 Å². The number of carbonyl (C=O) groups is 2. The van der Waals surface area contributed by atoms with Crippen molar-refractivity contribution in [2.24, 2.45) is 5.73 Å². The monoisotopic (exact) mass is 383 g/mol. The summed E-state index contributed by atoms with van der Waals surface area (Å²) < 4.78 is 5.14. The Bertz CT molecular complexity index is 748. The van der Waals surface area contributed by atoms with Crippen LogP contribution < -0.4 is 16.4 Å². The van der Waals surface area contributed by atoms with Crippen molar-refractivity contribution in [1.82, 2.24) is 10.6 Å². The Kier molecular flexibility index (Phi) is 8.02. The molecule has 0 heterocycles. The second-order valence-corrected chi connectivity index (χ2v) is 7.22. The maximum absolute atomic E-state index is 12.4. The first kappa shape index (κ1) is 21.4. The van der Waals surface area contributed by atoms with Gasteiger partial charge in [-0.25, -0.2) is 4.79 Å². The predicted octanol–water partition coefficient (Wildman–Crippen LogP) is 3.07. The van der Waals surface area contributed by atoms with Gasteiger partial charge in [0.25, 0.3) is 0 Å². The maximum Gasteiger partial charge on any atom is 0.407 e. The van der Waals surface area contributed by atoms with Crippen molar-refractivity contribution >= 4 is 12.0 Å². The molecule has 0 radical (unpaired) electrons. The van der Waals surface area contributed by atoms with E-state index in [9.17, 15) is 9.59 Å².